The van der Waals surface area contributed by atoms with Crippen LogP contribution in [0.1, 0.15) is 76.6 Å². The number of anilines is 2. The summed E-state index contributed by atoms with van der Waals surface area (Å²) in [5, 5.41) is 12.2. The molecule has 0 aliphatic carbocycles. The molecule has 3 aliphatic heterocycles. The van der Waals surface area contributed by atoms with Gasteiger partial charge in [-0.25, -0.2) is 4.79 Å². The van der Waals surface area contributed by atoms with Gasteiger partial charge in [-0.15, -0.1) is 0 Å². The van der Waals surface area contributed by atoms with Crippen molar-refractivity contribution >= 4 is 46.9 Å². The van der Waals surface area contributed by atoms with Crippen molar-refractivity contribution in [2.75, 3.05) is 30.4 Å². The van der Waals surface area contributed by atoms with Gasteiger partial charge in [0.05, 0.1) is 17.4 Å². The first-order valence-electron chi connectivity index (χ1n) is 18.0. The van der Waals surface area contributed by atoms with E-state index in [2.05, 4.69) is 21.1 Å². The number of aromatic nitrogens is 1. The zero-order chi connectivity index (χ0) is 38.1. The quantitative estimate of drug-likeness (QED) is 0.148. The summed E-state index contributed by atoms with van der Waals surface area (Å²) in [7, 11) is 1.70. The van der Waals surface area contributed by atoms with Gasteiger partial charge in [-0.05, 0) is 68.5 Å². The van der Waals surface area contributed by atoms with E-state index in [1.54, 1.807) is 35.0 Å². The molecule has 14 nitrogen and oxygen atoms in total. The minimum atomic E-state index is -0.748. The first-order chi connectivity index (χ1) is 26.0. The Hall–Kier alpha value is -6.31. The highest BCUT2D eigenvalue weighted by Gasteiger charge is 2.41. The number of hydrogen-bond donors (Lipinski definition) is 3. The number of benzene rings is 3. The van der Waals surface area contributed by atoms with Crippen LogP contribution in [-0.4, -0.2) is 76.7 Å². The second-order valence-electron chi connectivity index (χ2n) is 13.8. The Morgan fingerprint density at radius 1 is 0.963 bits per heavy atom. The van der Waals surface area contributed by atoms with E-state index in [1.807, 2.05) is 62.4 Å². The molecule has 3 aromatic carbocycles. The summed E-state index contributed by atoms with van der Waals surface area (Å²) in [5.74, 6) is -1.04. The topological polar surface area (TPSA) is 174 Å². The third-order valence-corrected chi connectivity index (χ3v) is 10.3. The lowest BCUT2D eigenvalue weighted by Gasteiger charge is -2.41. The number of carbonyl (C=O) groups is 6. The highest BCUT2D eigenvalue weighted by Crippen LogP contribution is 2.42. The fourth-order valence-electron chi connectivity index (χ4n) is 7.62. The summed E-state index contributed by atoms with van der Waals surface area (Å²) in [6.45, 7) is 4.03. The van der Waals surface area contributed by atoms with E-state index < -0.39 is 18.0 Å². The van der Waals surface area contributed by atoms with Gasteiger partial charge in [0, 0.05) is 60.9 Å². The van der Waals surface area contributed by atoms with Crippen molar-refractivity contribution in [3.05, 3.63) is 100 Å². The maximum atomic E-state index is 13.8. The standard InChI is InChI=1S/C40H41N7O7/c1-23-36(24(2)54-44-23)26-15-16-31-28(20-26)37(25-10-5-4-6-11-25)47(40(53)45(31)3)22-35(50)41-19-8-7-14-33(48)42-30-13-9-12-27-29(30)21-46(39(27)52)32-17-18-34(49)43-38(32)51/h4-6,9-13,15-16,20,32,37H,7-8,14,17-19,21-22H2,1-3H3,(H,41,50)(H,42,48)(H,43,49,51). The number of rotatable bonds is 11. The Kier molecular flexibility index (Phi) is 10.00. The van der Waals surface area contributed by atoms with Gasteiger partial charge < -0.3 is 25.0 Å². The molecule has 54 heavy (non-hydrogen) atoms. The third kappa shape index (κ3) is 6.94. The molecule has 0 saturated carbocycles. The summed E-state index contributed by atoms with van der Waals surface area (Å²) in [4.78, 5) is 81.8. The molecule has 1 saturated heterocycles. The van der Waals surface area contributed by atoms with Gasteiger partial charge in [-0.3, -0.25) is 34.2 Å². The van der Waals surface area contributed by atoms with Crippen LogP contribution < -0.4 is 20.9 Å². The van der Waals surface area contributed by atoms with Crippen LogP contribution in [0.4, 0.5) is 16.2 Å². The molecule has 0 bridgehead atoms. The first-order valence-corrected chi connectivity index (χ1v) is 18.0. The highest BCUT2D eigenvalue weighted by molar-refractivity contribution is 6.07. The third-order valence-electron chi connectivity index (χ3n) is 10.3. The number of piperidine rings is 1. The minimum Gasteiger partial charge on any atom is -0.361 e. The number of nitrogens with one attached hydrogen (secondary N) is 3. The number of imide groups is 1. The zero-order valence-corrected chi connectivity index (χ0v) is 30.3. The molecule has 4 heterocycles. The minimum absolute atomic E-state index is 0.150. The van der Waals surface area contributed by atoms with Crippen LogP contribution in [0.5, 0.6) is 0 Å². The molecule has 4 aromatic rings. The molecule has 2 unspecified atom stereocenters. The molecule has 3 N–H and O–H groups in total. The molecule has 1 fully saturated rings. The summed E-state index contributed by atoms with van der Waals surface area (Å²) in [5.41, 5.74) is 6.58. The molecule has 0 radical (unpaired) electrons. The molecule has 278 valence electrons. The Morgan fingerprint density at radius 3 is 2.50 bits per heavy atom. The molecule has 0 spiro atoms. The van der Waals surface area contributed by atoms with Gasteiger partial charge in [-0.1, -0.05) is 47.6 Å². The van der Waals surface area contributed by atoms with Gasteiger partial charge in [0.25, 0.3) is 5.91 Å². The molecule has 7 rings (SSSR count). The summed E-state index contributed by atoms with van der Waals surface area (Å²) in [6.07, 6.45) is 1.59. The Morgan fingerprint density at radius 2 is 1.76 bits per heavy atom. The summed E-state index contributed by atoms with van der Waals surface area (Å²) in [6, 6.07) is 19.0. The zero-order valence-electron chi connectivity index (χ0n) is 30.3. The number of nitrogens with zero attached hydrogens (tertiary/aromatic N) is 4. The van der Waals surface area contributed by atoms with E-state index in [9.17, 15) is 28.8 Å². The summed E-state index contributed by atoms with van der Waals surface area (Å²) >= 11 is 0. The Bertz CT molecular complexity index is 2140. The normalized spacial score (nSPS) is 18.0. The lowest BCUT2D eigenvalue weighted by atomic mass is 9.90. The van der Waals surface area contributed by atoms with E-state index in [4.69, 9.17) is 4.52 Å². The van der Waals surface area contributed by atoms with Crippen LogP contribution in [0.2, 0.25) is 0 Å². The molecule has 14 heteroatoms. The fourth-order valence-corrected chi connectivity index (χ4v) is 7.62. The van der Waals surface area contributed by atoms with Crippen molar-refractivity contribution in [2.45, 2.75) is 64.6 Å². The van der Waals surface area contributed by atoms with E-state index >= 15 is 0 Å². The van der Waals surface area contributed by atoms with E-state index in [-0.39, 0.29) is 62.0 Å². The number of carbonyl (C=O) groups excluding carboxylic acids is 6. The lowest BCUT2D eigenvalue weighted by molar-refractivity contribution is -0.137. The van der Waals surface area contributed by atoms with Crippen molar-refractivity contribution < 1.29 is 33.3 Å². The van der Waals surface area contributed by atoms with Gasteiger partial charge in [0.15, 0.2) is 0 Å². The number of urea groups is 1. The van der Waals surface area contributed by atoms with E-state index in [0.29, 0.717) is 42.0 Å². The van der Waals surface area contributed by atoms with E-state index in [0.717, 1.165) is 33.6 Å². The predicted octanol–water partition coefficient (Wildman–Crippen LogP) is 4.61. The van der Waals surface area contributed by atoms with Crippen molar-refractivity contribution in [1.29, 1.82) is 0 Å². The van der Waals surface area contributed by atoms with Crippen molar-refractivity contribution in [3.63, 3.8) is 0 Å². The molecule has 3 aliphatic rings. The highest BCUT2D eigenvalue weighted by atomic mass is 16.5. The van der Waals surface area contributed by atoms with Crippen LogP contribution >= 0.6 is 0 Å². The molecular weight excluding hydrogens is 690 g/mol. The van der Waals surface area contributed by atoms with Crippen molar-refractivity contribution in [2.24, 2.45) is 0 Å². The molecule has 2 atom stereocenters. The molecule has 1 aromatic heterocycles. The summed E-state index contributed by atoms with van der Waals surface area (Å²) < 4.78 is 5.43. The van der Waals surface area contributed by atoms with Gasteiger partial charge in [0.2, 0.25) is 23.6 Å². The van der Waals surface area contributed by atoms with Crippen molar-refractivity contribution in [1.82, 2.24) is 25.6 Å². The largest absolute Gasteiger partial charge is 0.361 e. The number of aryl methyl sites for hydroxylation is 2. The lowest BCUT2D eigenvalue weighted by Crippen LogP contribution is -2.52. The number of unbranched alkanes of at least 4 members (excludes halogenated alkanes) is 1. The maximum absolute atomic E-state index is 13.8. The average Bonchev–Trinajstić information content (AvgIpc) is 3.68. The molecular formula is C40H41N7O7. The van der Waals surface area contributed by atoms with E-state index in [1.165, 1.54) is 4.90 Å². The maximum Gasteiger partial charge on any atom is 0.325 e. The predicted molar refractivity (Wildman–Crippen MR) is 198 cm³/mol. The number of hydrogen-bond acceptors (Lipinski definition) is 8. The number of fused-ring (bicyclic) bond motifs is 2. The van der Waals surface area contributed by atoms with Crippen LogP contribution in [0, 0.1) is 13.8 Å². The average molecular weight is 732 g/mol. The van der Waals surface area contributed by atoms with Crippen LogP contribution in [0.3, 0.4) is 0 Å². The first kappa shape index (κ1) is 36.1. The monoisotopic (exact) mass is 731 g/mol. The second kappa shape index (κ2) is 15.0. The number of amides is 7. The Balaban J connectivity index is 0.955. The van der Waals surface area contributed by atoms with Gasteiger partial charge in [0.1, 0.15) is 18.3 Å². The van der Waals surface area contributed by atoms with Crippen LogP contribution in [0.15, 0.2) is 71.3 Å². The Labute approximate surface area is 311 Å². The van der Waals surface area contributed by atoms with Crippen LogP contribution in [-0.2, 0) is 25.7 Å². The second-order valence-corrected chi connectivity index (χ2v) is 13.8. The van der Waals surface area contributed by atoms with Crippen LogP contribution in [0.25, 0.3) is 11.1 Å². The molecule has 7 amide bonds. The fraction of sp³-hybridized carbons (Fsp3) is 0.325. The van der Waals surface area contributed by atoms with Crippen molar-refractivity contribution in [3.8, 4) is 11.1 Å². The SMILES string of the molecule is Cc1noc(C)c1-c1ccc2c(c1)C(c1ccccc1)N(CC(=O)NCCCCC(=O)Nc1cccc3c1CN(C1CCC(=O)NC1=O)C3=O)C(=O)N2C. The van der Waals surface area contributed by atoms with Gasteiger partial charge >= 0.3 is 6.03 Å². The van der Waals surface area contributed by atoms with Gasteiger partial charge in [-0.2, -0.15) is 0 Å². The smallest absolute Gasteiger partial charge is 0.325 e.